The van der Waals surface area contributed by atoms with Gasteiger partial charge in [0.1, 0.15) is 5.75 Å². The fourth-order valence-electron chi connectivity index (χ4n) is 4.98. The number of nitrogens with zero attached hydrogens (tertiary/aromatic N) is 4. The van der Waals surface area contributed by atoms with Gasteiger partial charge in [0.2, 0.25) is 11.8 Å². The first-order valence-electron chi connectivity index (χ1n) is 13.1. The molecular weight excluding hydrogens is 492 g/mol. The summed E-state index contributed by atoms with van der Waals surface area (Å²) in [5.74, 6) is 1.97. The third-order valence-corrected chi connectivity index (χ3v) is 7.60. The maximum Gasteiger partial charge on any atom is 0.228 e. The number of aryl methyl sites for hydroxylation is 3. The Morgan fingerprint density at radius 1 is 1.00 bits per heavy atom. The Hall–Kier alpha value is -3.88. The number of anilines is 1. The largest absolute Gasteiger partial charge is 0.437 e. The molecule has 1 aliphatic rings. The van der Waals surface area contributed by atoms with Gasteiger partial charge in [-0.25, -0.2) is 19.9 Å². The molecule has 3 aromatic heterocycles. The van der Waals surface area contributed by atoms with E-state index in [1.54, 1.807) is 23.7 Å². The van der Waals surface area contributed by atoms with Gasteiger partial charge in [0.25, 0.3) is 0 Å². The Morgan fingerprint density at radius 2 is 1.97 bits per heavy atom. The Bertz CT molecular complexity index is 1530. The summed E-state index contributed by atoms with van der Waals surface area (Å²) in [5.41, 5.74) is 6.97. The van der Waals surface area contributed by atoms with E-state index >= 15 is 0 Å². The van der Waals surface area contributed by atoms with Crippen LogP contribution in [0.15, 0.2) is 71.8 Å². The molecule has 0 aliphatic carbocycles. The fourth-order valence-corrected chi connectivity index (χ4v) is 5.57. The number of rotatable bonds is 8. The summed E-state index contributed by atoms with van der Waals surface area (Å²) < 4.78 is 6.59. The fraction of sp³-hybridized carbons (Fsp3) is 0.267. The van der Waals surface area contributed by atoms with Crippen molar-refractivity contribution in [2.75, 3.05) is 18.4 Å². The second-order valence-corrected chi connectivity index (χ2v) is 10.3. The molecule has 1 atom stereocenters. The maximum atomic E-state index is 6.59. The van der Waals surface area contributed by atoms with Gasteiger partial charge in [0.05, 0.1) is 22.5 Å². The number of pyridine rings is 1. The van der Waals surface area contributed by atoms with Crippen molar-refractivity contribution in [1.82, 2.24) is 25.3 Å². The van der Waals surface area contributed by atoms with Gasteiger partial charge in [-0.2, -0.15) is 0 Å². The second kappa shape index (κ2) is 11.2. The topological polar surface area (TPSA) is 84.9 Å². The van der Waals surface area contributed by atoms with E-state index < -0.39 is 0 Å². The molecule has 7 nitrogen and oxygen atoms in total. The van der Waals surface area contributed by atoms with Crippen LogP contribution < -0.4 is 15.4 Å². The van der Waals surface area contributed by atoms with Gasteiger partial charge in [0.15, 0.2) is 0 Å². The number of benzene rings is 2. The number of fused-ring (bicyclic) bond motifs is 1. The van der Waals surface area contributed by atoms with E-state index in [9.17, 15) is 0 Å². The summed E-state index contributed by atoms with van der Waals surface area (Å²) in [7, 11) is 0. The van der Waals surface area contributed by atoms with Crippen LogP contribution in [0.5, 0.6) is 11.6 Å². The Kier molecular flexibility index (Phi) is 7.24. The summed E-state index contributed by atoms with van der Waals surface area (Å²) in [6.45, 7) is 4.06. The average molecular weight is 523 g/mol. The molecule has 192 valence electrons. The Labute approximate surface area is 226 Å². The molecule has 4 heterocycles. The lowest BCUT2D eigenvalue weighted by molar-refractivity contribution is 0.466. The molecule has 1 aliphatic heterocycles. The van der Waals surface area contributed by atoms with Gasteiger partial charge in [-0.05, 0) is 73.9 Å². The third-order valence-electron chi connectivity index (χ3n) is 6.96. The smallest absolute Gasteiger partial charge is 0.228 e. The predicted molar refractivity (Wildman–Crippen MR) is 153 cm³/mol. The lowest BCUT2D eigenvalue weighted by Crippen LogP contribution is -2.38. The van der Waals surface area contributed by atoms with Crippen LogP contribution in [0.4, 0.5) is 5.95 Å². The van der Waals surface area contributed by atoms with Crippen molar-refractivity contribution in [3.8, 4) is 22.9 Å². The van der Waals surface area contributed by atoms with Gasteiger partial charge < -0.3 is 15.4 Å². The number of ether oxygens (including phenoxy) is 1. The van der Waals surface area contributed by atoms with E-state index in [2.05, 4.69) is 68.2 Å². The van der Waals surface area contributed by atoms with Gasteiger partial charge >= 0.3 is 0 Å². The monoisotopic (exact) mass is 522 g/mol. The van der Waals surface area contributed by atoms with E-state index in [0.717, 1.165) is 72.4 Å². The number of piperidine rings is 1. The zero-order valence-electron chi connectivity index (χ0n) is 21.4. The first-order chi connectivity index (χ1) is 18.7. The Morgan fingerprint density at radius 3 is 2.84 bits per heavy atom. The predicted octanol–water partition coefficient (Wildman–Crippen LogP) is 6.20. The third kappa shape index (κ3) is 5.37. The molecule has 1 saturated heterocycles. The van der Waals surface area contributed by atoms with Crippen molar-refractivity contribution in [3.05, 3.63) is 88.6 Å². The highest BCUT2D eigenvalue weighted by atomic mass is 32.1. The normalized spacial score (nSPS) is 15.4. The molecule has 0 unspecified atom stereocenters. The number of hydrogen-bond acceptors (Lipinski definition) is 8. The van der Waals surface area contributed by atoms with E-state index in [-0.39, 0.29) is 0 Å². The lowest BCUT2D eigenvalue weighted by Gasteiger charge is -2.23. The summed E-state index contributed by atoms with van der Waals surface area (Å²) in [6.07, 6.45) is 7.63. The molecule has 6 rings (SSSR count). The SMILES string of the molecule is Cc1ccc2c(CCc3cscn3)cccc2c1Oc1ncccc1-c1ccnc(N[C@H]2CCCNC2)n1. The van der Waals surface area contributed by atoms with Crippen LogP contribution in [0.2, 0.25) is 0 Å². The van der Waals surface area contributed by atoms with Crippen molar-refractivity contribution in [3.63, 3.8) is 0 Å². The van der Waals surface area contributed by atoms with Crippen molar-refractivity contribution in [2.45, 2.75) is 38.6 Å². The van der Waals surface area contributed by atoms with Crippen LogP contribution in [-0.4, -0.2) is 39.1 Å². The first kappa shape index (κ1) is 24.5. The number of hydrogen-bond donors (Lipinski definition) is 2. The summed E-state index contributed by atoms with van der Waals surface area (Å²) >= 11 is 1.64. The zero-order valence-corrected chi connectivity index (χ0v) is 22.2. The van der Waals surface area contributed by atoms with Crippen LogP contribution in [0.1, 0.15) is 29.7 Å². The average Bonchev–Trinajstić information content (AvgIpc) is 3.48. The zero-order chi connectivity index (χ0) is 25.7. The van der Waals surface area contributed by atoms with Gasteiger partial charge in [-0.3, -0.25) is 0 Å². The standard InChI is InChI=1S/C30H30N6OS/c1-20-9-12-24-21(10-11-23-18-38-19-34-23)5-2-7-25(24)28(20)37-29-26(8-4-15-32-29)27-13-16-33-30(36-27)35-22-6-3-14-31-17-22/h2,4-5,7-9,12-13,15-16,18-19,22,31H,3,6,10-11,14,17H2,1H3,(H,33,35,36)/t22-/m0/s1. The molecule has 0 spiro atoms. The van der Waals surface area contributed by atoms with E-state index in [4.69, 9.17) is 9.72 Å². The first-order valence-corrected chi connectivity index (χ1v) is 14.0. The highest BCUT2D eigenvalue weighted by Gasteiger charge is 2.17. The van der Waals surface area contributed by atoms with Crippen LogP contribution in [0.25, 0.3) is 22.0 Å². The molecule has 2 aromatic carbocycles. The molecule has 0 amide bonds. The molecule has 38 heavy (non-hydrogen) atoms. The molecule has 0 bridgehead atoms. The maximum absolute atomic E-state index is 6.59. The van der Waals surface area contributed by atoms with Gasteiger partial charge in [0, 0.05) is 35.7 Å². The van der Waals surface area contributed by atoms with E-state index in [1.165, 1.54) is 10.9 Å². The summed E-state index contributed by atoms with van der Waals surface area (Å²) in [5, 5.41) is 11.3. The van der Waals surface area contributed by atoms with Crippen LogP contribution in [0, 0.1) is 6.92 Å². The van der Waals surface area contributed by atoms with Crippen molar-refractivity contribution < 1.29 is 4.74 Å². The molecular formula is C30H30N6OS. The second-order valence-electron chi connectivity index (χ2n) is 9.61. The summed E-state index contributed by atoms with van der Waals surface area (Å²) in [6, 6.07) is 16.9. The lowest BCUT2D eigenvalue weighted by atomic mass is 9.98. The van der Waals surface area contributed by atoms with Crippen molar-refractivity contribution >= 4 is 28.1 Å². The minimum Gasteiger partial charge on any atom is -0.437 e. The minimum atomic E-state index is 0.326. The van der Waals surface area contributed by atoms with Crippen LogP contribution >= 0.6 is 11.3 Å². The van der Waals surface area contributed by atoms with E-state index in [0.29, 0.717) is 17.9 Å². The number of aromatic nitrogens is 4. The highest BCUT2D eigenvalue weighted by Crippen LogP contribution is 2.37. The van der Waals surface area contributed by atoms with Crippen LogP contribution in [0.3, 0.4) is 0 Å². The summed E-state index contributed by atoms with van der Waals surface area (Å²) in [4.78, 5) is 18.3. The van der Waals surface area contributed by atoms with Gasteiger partial charge in [-0.15, -0.1) is 11.3 Å². The molecule has 8 heteroatoms. The molecule has 0 radical (unpaired) electrons. The molecule has 0 saturated carbocycles. The van der Waals surface area contributed by atoms with E-state index in [1.807, 2.05) is 23.7 Å². The quantitative estimate of drug-likeness (QED) is 0.251. The molecule has 1 fully saturated rings. The highest BCUT2D eigenvalue weighted by molar-refractivity contribution is 7.07. The Balaban J connectivity index is 1.31. The van der Waals surface area contributed by atoms with Crippen molar-refractivity contribution in [2.24, 2.45) is 0 Å². The van der Waals surface area contributed by atoms with Crippen LogP contribution in [-0.2, 0) is 12.8 Å². The molecule has 5 aromatic rings. The van der Waals surface area contributed by atoms with Crippen molar-refractivity contribution in [1.29, 1.82) is 0 Å². The van der Waals surface area contributed by atoms with Gasteiger partial charge in [-0.1, -0.05) is 30.3 Å². The number of nitrogens with one attached hydrogen (secondary N) is 2. The number of thiazole rings is 1. The minimum absolute atomic E-state index is 0.326. The molecule has 2 N–H and O–H groups in total.